The lowest BCUT2D eigenvalue weighted by Crippen LogP contribution is -2.11. The van der Waals surface area contributed by atoms with Crippen molar-refractivity contribution in [2.24, 2.45) is 0 Å². The number of hydrogen-bond donors (Lipinski definition) is 0. The maximum Gasteiger partial charge on any atom is 0.344 e. The predicted octanol–water partition coefficient (Wildman–Crippen LogP) is 3.40. The van der Waals surface area contributed by atoms with Crippen LogP contribution in [0.4, 0.5) is 4.39 Å². The monoisotopic (exact) mass is 331 g/mol. The largest absolute Gasteiger partial charge is 0.449 e. The molecule has 3 rings (SSSR count). The summed E-state index contributed by atoms with van der Waals surface area (Å²) in [4.78, 5) is 12.2. The number of benzene rings is 1. The van der Waals surface area contributed by atoms with Crippen LogP contribution in [0.3, 0.4) is 0 Å². The van der Waals surface area contributed by atoms with Gasteiger partial charge in [-0.3, -0.25) is 0 Å². The summed E-state index contributed by atoms with van der Waals surface area (Å²) in [6, 6.07) is 5.63. The number of hydrogen-bond acceptors (Lipinski definition) is 7. The molecule has 0 bridgehead atoms. The van der Waals surface area contributed by atoms with Gasteiger partial charge in [0.1, 0.15) is 17.1 Å². The van der Waals surface area contributed by atoms with E-state index in [1.807, 2.05) is 0 Å². The SMILES string of the molecule is Cc1noc(C)c1C(=O)O[C@H](C)c1nnc(-c2ccc(F)cc2)o1. The Balaban J connectivity index is 1.75. The summed E-state index contributed by atoms with van der Waals surface area (Å²) in [5.74, 6) is -0.220. The van der Waals surface area contributed by atoms with E-state index < -0.39 is 12.1 Å². The zero-order chi connectivity index (χ0) is 17.3. The number of nitrogens with zero attached hydrogens (tertiary/aromatic N) is 3. The first-order chi connectivity index (χ1) is 11.5. The van der Waals surface area contributed by atoms with Crippen molar-refractivity contribution in [3.63, 3.8) is 0 Å². The van der Waals surface area contributed by atoms with Gasteiger partial charge in [0, 0.05) is 5.56 Å². The number of aromatic nitrogens is 3. The minimum Gasteiger partial charge on any atom is -0.449 e. The summed E-state index contributed by atoms with van der Waals surface area (Å²) in [7, 11) is 0. The van der Waals surface area contributed by atoms with Gasteiger partial charge < -0.3 is 13.7 Å². The zero-order valence-electron chi connectivity index (χ0n) is 13.2. The van der Waals surface area contributed by atoms with E-state index in [0.29, 0.717) is 17.0 Å². The molecule has 0 saturated carbocycles. The Bertz CT molecular complexity index is 850. The zero-order valence-corrected chi connectivity index (χ0v) is 13.2. The second-order valence-corrected chi connectivity index (χ2v) is 5.20. The highest BCUT2D eigenvalue weighted by Crippen LogP contribution is 2.24. The van der Waals surface area contributed by atoms with E-state index in [1.165, 1.54) is 24.3 Å². The van der Waals surface area contributed by atoms with E-state index >= 15 is 0 Å². The topological polar surface area (TPSA) is 91.2 Å². The molecule has 0 radical (unpaired) electrons. The van der Waals surface area contributed by atoms with Gasteiger partial charge in [0.2, 0.25) is 5.89 Å². The van der Waals surface area contributed by atoms with Gasteiger partial charge in [-0.05, 0) is 45.0 Å². The maximum absolute atomic E-state index is 12.9. The molecule has 0 aliphatic carbocycles. The highest BCUT2D eigenvalue weighted by molar-refractivity contribution is 5.91. The van der Waals surface area contributed by atoms with Crippen LogP contribution in [0, 0.1) is 19.7 Å². The van der Waals surface area contributed by atoms with Crippen molar-refractivity contribution in [1.29, 1.82) is 0 Å². The molecule has 1 atom stereocenters. The predicted molar refractivity (Wildman–Crippen MR) is 79.5 cm³/mol. The lowest BCUT2D eigenvalue weighted by atomic mass is 10.2. The highest BCUT2D eigenvalue weighted by atomic mass is 19.1. The summed E-state index contributed by atoms with van der Waals surface area (Å²) in [5.41, 5.74) is 1.29. The standard InChI is InChI=1S/C16H14FN3O4/c1-8-13(9(2)24-20-8)16(21)22-10(3)14-18-19-15(23-14)11-4-6-12(17)7-5-11/h4-7,10H,1-3H3/t10-/m1/s1. The van der Waals surface area contributed by atoms with Gasteiger partial charge in [-0.15, -0.1) is 10.2 Å². The van der Waals surface area contributed by atoms with Gasteiger partial charge in [-0.1, -0.05) is 5.16 Å². The molecule has 2 aromatic heterocycles. The molecule has 0 fully saturated rings. The lowest BCUT2D eigenvalue weighted by Gasteiger charge is -2.08. The van der Waals surface area contributed by atoms with E-state index in [2.05, 4.69) is 15.4 Å². The molecule has 1 aromatic carbocycles. The molecule has 0 N–H and O–H groups in total. The molecule has 0 aliphatic heterocycles. The summed E-state index contributed by atoms with van der Waals surface area (Å²) >= 11 is 0. The van der Waals surface area contributed by atoms with Crippen LogP contribution in [0.25, 0.3) is 11.5 Å². The molecule has 3 aromatic rings. The maximum atomic E-state index is 12.9. The number of rotatable bonds is 4. The van der Waals surface area contributed by atoms with Crippen LogP contribution in [0.1, 0.15) is 40.7 Å². The normalized spacial score (nSPS) is 12.2. The third kappa shape index (κ3) is 3.03. The van der Waals surface area contributed by atoms with Gasteiger partial charge in [0.05, 0.1) is 5.69 Å². The third-order valence-corrected chi connectivity index (χ3v) is 3.40. The van der Waals surface area contributed by atoms with Gasteiger partial charge in [0.25, 0.3) is 5.89 Å². The summed E-state index contributed by atoms with van der Waals surface area (Å²) in [6.07, 6.45) is -0.757. The van der Waals surface area contributed by atoms with Crippen LogP contribution in [0.5, 0.6) is 0 Å². The van der Waals surface area contributed by atoms with E-state index in [1.54, 1.807) is 20.8 Å². The minimum atomic E-state index is -0.757. The van der Waals surface area contributed by atoms with Crippen LogP contribution in [-0.4, -0.2) is 21.3 Å². The first-order valence-electron chi connectivity index (χ1n) is 7.19. The van der Waals surface area contributed by atoms with Crippen molar-refractivity contribution in [3.8, 4) is 11.5 Å². The fourth-order valence-electron chi connectivity index (χ4n) is 2.15. The summed E-state index contributed by atoms with van der Waals surface area (Å²) < 4.78 is 28.7. The molecule has 24 heavy (non-hydrogen) atoms. The average molecular weight is 331 g/mol. The van der Waals surface area contributed by atoms with Crippen LogP contribution in [0.15, 0.2) is 33.2 Å². The number of carbonyl (C=O) groups excluding carboxylic acids is 1. The molecule has 2 heterocycles. The molecule has 0 saturated heterocycles. The quantitative estimate of drug-likeness (QED) is 0.677. The Morgan fingerprint density at radius 1 is 1.21 bits per heavy atom. The molecular formula is C16H14FN3O4. The number of carbonyl (C=O) groups is 1. The Hall–Kier alpha value is -3.03. The van der Waals surface area contributed by atoms with Gasteiger partial charge >= 0.3 is 5.97 Å². The molecule has 124 valence electrons. The van der Waals surface area contributed by atoms with Gasteiger partial charge in [0.15, 0.2) is 6.10 Å². The average Bonchev–Trinajstić information content (AvgIpc) is 3.15. The highest BCUT2D eigenvalue weighted by Gasteiger charge is 2.24. The summed E-state index contributed by atoms with van der Waals surface area (Å²) in [6.45, 7) is 4.88. The van der Waals surface area contributed by atoms with E-state index in [-0.39, 0.29) is 23.2 Å². The lowest BCUT2D eigenvalue weighted by molar-refractivity contribution is 0.0277. The van der Waals surface area contributed by atoms with Crippen LogP contribution in [0.2, 0.25) is 0 Å². The van der Waals surface area contributed by atoms with E-state index in [4.69, 9.17) is 13.7 Å². The van der Waals surface area contributed by atoms with Gasteiger partial charge in [-0.2, -0.15) is 0 Å². The van der Waals surface area contributed by atoms with Crippen molar-refractivity contribution >= 4 is 5.97 Å². The second-order valence-electron chi connectivity index (χ2n) is 5.20. The van der Waals surface area contributed by atoms with Crippen molar-refractivity contribution in [3.05, 3.63) is 53.0 Å². The molecule has 8 heteroatoms. The smallest absolute Gasteiger partial charge is 0.344 e. The Kier molecular flexibility index (Phi) is 4.11. The van der Waals surface area contributed by atoms with Crippen LogP contribution >= 0.6 is 0 Å². The Labute approximate surface area is 136 Å². The molecular weight excluding hydrogens is 317 g/mol. The molecule has 0 aliphatic rings. The fourth-order valence-corrected chi connectivity index (χ4v) is 2.15. The summed E-state index contributed by atoms with van der Waals surface area (Å²) in [5, 5.41) is 11.5. The first-order valence-corrected chi connectivity index (χ1v) is 7.19. The van der Waals surface area contributed by atoms with Crippen LogP contribution in [-0.2, 0) is 4.74 Å². The minimum absolute atomic E-state index is 0.134. The molecule has 0 spiro atoms. The Morgan fingerprint density at radius 3 is 2.54 bits per heavy atom. The van der Waals surface area contributed by atoms with Crippen molar-refractivity contribution in [2.75, 3.05) is 0 Å². The van der Waals surface area contributed by atoms with E-state index in [0.717, 1.165) is 0 Å². The number of aryl methyl sites for hydroxylation is 2. The second kappa shape index (κ2) is 6.23. The van der Waals surface area contributed by atoms with Crippen molar-refractivity contribution in [1.82, 2.24) is 15.4 Å². The van der Waals surface area contributed by atoms with Crippen LogP contribution < -0.4 is 0 Å². The fraction of sp³-hybridized carbons (Fsp3) is 0.250. The van der Waals surface area contributed by atoms with Crippen molar-refractivity contribution < 1.29 is 22.9 Å². The van der Waals surface area contributed by atoms with E-state index in [9.17, 15) is 9.18 Å². The number of halogens is 1. The number of esters is 1. The van der Waals surface area contributed by atoms with Gasteiger partial charge in [-0.25, -0.2) is 9.18 Å². The first kappa shape index (κ1) is 15.9. The molecule has 0 unspecified atom stereocenters. The molecule has 0 amide bonds. The van der Waals surface area contributed by atoms with Crippen molar-refractivity contribution in [2.45, 2.75) is 26.9 Å². The third-order valence-electron chi connectivity index (χ3n) is 3.40. The Morgan fingerprint density at radius 2 is 1.92 bits per heavy atom. The number of ether oxygens (including phenoxy) is 1. The molecule has 7 nitrogen and oxygen atoms in total.